The summed E-state index contributed by atoms with van der Waals surface area (Å²) in [5.41, 5.74) is 1.82. The molecule has 0 radical (unpaired) electrons. The van der Waals surface area contributed by atoms with E-state index in [-0.39, 0.29) is 6.03 Å². The van der Waals surface area contributed by atoms with Crippen molar-refractivity contribution in [3.63, 3.8) is 0 Å². The molecule has 0 heterocycles. The van der Waals surface area contributed by atoms with E-state index in [1.165, 1.54) is 0 Å². The average Bonchev–Trinajstić information content (AvgIpc) is 2.38. The van der Waals surface area contributed by atoms with Gasteiger partial charge in [-0.25, -0.2) is 4.79 Å². The number of rotatable bonds is 6. The topological polar surface area (TPSA) is 41.6 Å². The van der Waals surface area contributed by atoms with Gasteiger partial charge in [0.2, 0.25) is 0 Å². The summed E-state index contributed by atoms with van der Waals surface area (Å²) in [5, 5.41) is 2.93. The van der Waals surface area contributed by atoms with Crippen LogP contribution >= 0.6 is 0 Å². The van der Waals surface area contributed by atoms with Crippen molar-refractivity contribution >= 4 is 11.7 Å². The van der Waals surface area contributed by atoms with E-state index >= 15 is 0 Å². The number of carbonyl (C=O) groups excluding carboxylic acids is 1. The molecule has 0 aliphatic heterocycles. The second-order valence-electron chi connectivity index (χ2n) is 4.62. The fourth-order valence-corrected chi connectivity index (χ4v) is 1.97. The lowest BCUT2D eigenvalue weighted by molar-refractivity contribution is 0.211. The number of hydrogen-bond acceptors (Lipinski definition) is 2. The molecule has 4 nitrogen and oxygen atoms in total. The van der Waals surface area contributed by atoms with Crippen LogP contribution in [0.15, 0.2) is 18.2 Å². The molecule has 106 valence electrons. The Balaban J connectivity index is 2.82. The highest BCUT2D eigenvalue weighted by molar-refractivity contribution is 5.91. The fourth-order valence-electron chi connectivity index (χ4n) is 1.97. The number of nitrogens with zero attached hydrogens (tertiary/aromatic N) is 1. The Morgan fingerprint density at radius 2 is 1.89 bits per heavy atom. The van der Waals surface area contributed by atoms with Gasteiger partial charge in [0.25, 0.3) is 0 Å². The Bertz CT molecular complexity index is 413. The first-order chi connectivity index (χ1) is 9.12. The summed E-state index contributed by atoms with van der Waals surface area (Å²) in [5.74, 6) is 0.687. The first kappa shape index (κ1) is 15.3. The molecule has 1 aromatic carbocycles. The molecule has 0 aromatic heterocycles. The van der Waals surface area contributed by atoms with E-state index < -0.39 is 0 Å². The summed E-state index contributed by atoms with van der Waals surface area (Å²) in [6.45, 7) is 7.68. The highest BCUT2D eigenvalue weighted by atomic mass is 16.5. The highest BCUT2D eigenvalue weighted by Gasteiger charge is 2.13. The fraction of sp³-hybridized carbons (Fsp3) is 0.533. The molecule has 0 spiro atoms. The Labute approximate surface area is 115 Å². The summed E-state index contributed by atoms with van der Waals surface area (Å²) in [4.78, 5) is 14.1. The third-order valence-electron chi connectivity index (χ3n) is 2.87. The lowest BCUT2D eigenvalue weighted by Crippen LogP contribution is -2.36. The summed E-state index contributed by atoms with van der Waals surface area (Å²) < 4.78 is 5.27. The van der Waals surface area contributed by atoms with Crippen molar-refractivity contribution in [1.29, 1.82) is 0 Å². The summed E-state index contributed by atoms with van der Waals surface area (Å²) >= 11 is 0. The zero-order valence-electron chi connectivity index (χ0n) is 12.3. The number of ether oxygens (including phenoxy) is 1. The number of methoxy groups -OCH3 is 1. The zero-order chi connectivity index (χ0) is 14.3. The Morgan fingerprint density at radius 3 is 2.42 bits per heavy atom. The number of carbonyl (C=O) groups is 1. The number of urea groups is 1. The van der Waals surface area contributed by atoms with Crippen molar-refractivity contribution < 1.29 is 9.53 Å². The van der Waals surface area contributed by atoms with Crippen molar-refractivity contribution in [3.05, 3.63) is 23.8 Å². The normalized spacial score (nSPS) is 10.1. The molecule has 0 atom stereocenters. The van der Waals surface area contributed by atoms with Gasteiger partial charge in [0.05, 0.1) is 12.8 Å². The minimum Gasteiger partial charge on any atom is -0.495 e. The molecule has 0 unspecified atom stereocenters. The minimum atomic E-state index is -0.0624. The quantitative estimate of drug-likeness (QED) is 0.852. The van der Waals surface area contributed by atoms with Crippen molar-refractivity contribution in [2.24, 2.45) is 0 Å². The van der Waals surface area contributed by atoms with Crippen LogP contribution in [0.2, 0.25) is 0 Å². The van der Waals surface area contributed by atoms with E-state index in [1.54, 1.807) is 7.11 Å². The van der Waals surface area contributed by atoms with Crippen LogP contribution in [0.5, 0.6) is 5.75 Å². The van der Waals surface area contributed by atoms with Gasteiger partial charge in [-0.1, -0.05) is 19.9 Å². The summed E-state index contributed by atoms with van der Waals surface area (Å²) in [6.07, 6.45) is 1.91. The summed E-state index contributed by atoms with van der Waals surface area (Å²) in [6, 6.07) is 5.69. The third kappa shape index (κ3) is 4.47. The molecule has 1 aromatic rings. The molecule has 0 saturated carbocycles. The van der Waals surface area contributed by atoms with Crippen LogP contribution in [0, 0.1) is 6.92 Å². The predicted octanol–water partition coefficient (Wildman–Crippen LogP) is 3.66. The van der Waals surface area contributed by atoms with Crippen molar-refractivity contribution in [2.75, 3.05) is 25.5 Å². The molecule has 0 aliphatic carbocycles. The molecule has 0 aliphatic rings. The maximum atomic E-state index is 12.2. The van der Waals surface area contributed by atoms with Crippen molar-refractivity contribution in [1.82, 2.24) is 4.90 Å². The molecule has 2 amide bonds. The molecule has 1 rings (SSSR count). The van der Waals surface area contributed by atoms with Gasteiger partial charge in [-0.3, -0.25) is 0 Å². The number of nitrogens with one attached hydrogen (secondary N) is 1. The SMILES string of the molecule is CCCN(CCC)C(=O)Nc1cc(C)ccc1OC. The standard InChI is InChI=1S/C15H24N2O2/c1-5-9-17(10-6-2)15(18)16-13-11-12(3)7-8-14(13)19-4/h7-8,11H,5-6,9-10H2,1-4H3,(H,16,18). The van der Waals surface area contributed by atoms with Gasteiger partial charge in [0.1, 0.15) is 5.75 Å². The lowest BCUT2D eigenvalue weighted by atomic mass is 10.2. The number of amides is 2. The monoisotopic (exact) mass is 264 g/mol. The van der Waals surface area contributed by atoms with E-state index in [9.17, 15) is 4.79 Å². The van der Waals surface area contributed by atoms with Gasteiger partial charge in [0.15, 0.2) is 0 Å². The highest BCUT2D eigenvalue weighted by Crippen LogP contribution is 2.25. The van der Waals surface area contributed by atoms with E-state index in [0.717, 1.165) is 37.2 Å². The van der Waals surface area contributed by atoms with Gasteiger partial charge in [-0.15, -0.1) is 0 Å². The van der Waals surface area contributed by atoms with Gasteiger partial charge >= 0.3 is 6.03 Å². The van der Waals surface area contributed by atoms with E-state index in [0.29, 0.717) is 5.75 Å². The van der Waals surface area contributed by atoms with Crippen LogP contribution in [0.3, 0.4) is 0 Å². The minimum absolute atomic E-state index is 0.0624. The van der Waals surface area contributed by atoms with Crippen molar-refractivity contribution in [3.8, 4) is 5.75 Å². The smallest absolute Gasteiger partial charge is 0.321 e. The molecule has 1 N–H and O–H groups in total. The molecule has 0 saturated heterocycles. The first-order valence-corrected chi connectivity index (χ1v) is 6.82. The van der Waals surface area contributed by atoms with E-state index in [1.807, 2.05) is 30.0 Å². The Kier molecular flexibility index (Phi) is 6.19. The largest absolute Gasteiger partial charge is 0.495 e. The van der Waals surface area contributed by atoms with Gasteiger partial charge in [-0.2, -0.15) is 0 Å². The number of aryl methyl sites for hydroxylation is 1. The molecule has 0 bridgehead atoms. The molecule has 19 heavy (non-hydrogen) atoms. The van der Waals surface area contributed by atoms with Crippen LogP contribution in [-0.4, -0.2) is 31.1 Å². The maximum absolute atomic E-state index is 12.2. The lowest BCUT2D eigenvalue weighted by Gasteiger charge is -2.22. The number of hydrogen-bond donors (Lipinski definition) is 1. The van der Waals surface area contributed by atoms with E-state index in [4.69, 9.17) is 4.74 Å². The maximum Gasteiger partial charge on any atom is 0.321 e. The molecular weight excluding hydrogens is 240 g/mol. The second kappa shape index (κ2) is 7.67. The average molecular weight is 264 g/mol. The van der Waals surface area contributed by atoms with Gasteiger partial charge in [-0.05, 0) is 37.5 Å². The second-order valence-corrected chi connectivity index (χ2v) is 4.62. The number of anilines is 1. The zero-order valence-corrected chi connectivity index (χ0v) is 12.3. The van der Waals surface area contributed by atoms with Crippen LogP contribution in [0.1, 0.15) is 32.3 Å². The number of benzene rings is 1. The van der Waals surface area contributed by atoms with Crippen LogP contribution < -0.4 is 10.1 Å². The molecule has 0 fully saturated rings. The Morgan fingerprint density at radius 1 is 1.26 bits per heavy atom. The van der Waals surface area contributed by atoms with Crippen LogP contribution in [0.25, 0.3) is 0 Å². The van der Waals surface area contributed by atoms with Gasteiger partial charge in [0, 0.05) is 13.1 Å². The Hall–Kier alpha value is -1.71. The van der Waals surface area contributed by atoms with Crippen LogP contribution in [0.4, 0.5) is 10.5 Å². The van der Waals surface area contributed by atoms with Crippen molar-refractivity contribution in [2.45, 2.75) is 33.6 Å². The predicted molar refractivity (Wildman–Crippen MR) is 78.9 cm³/mol. The molecule has 4 heteroatoms. The first-order valence-electron chi connectivity index (χ1n) is 6.82. The van der Waals surface area contributed by atoms with E-state index in [2.05, 4.69) is 19.2 Å². The summed E-state index contributed by atoms with van der Waals surface area (Å²) in [7, 11) is 1.61. The third-order valence-corrected chi connectivity index (χ3v) is 2.87. The molecular formula is C15H24N2O2. The van der Waals surface area contributed by atoms with Gasteiger partial charge < -0.3 is 15.0 Å². The van der Waals surface area contributed by atoms with Crippen LogP contribution in [-0.2, 0) is 0 Å².